The zero-order valence-electron chi connectivity index (χ0n) is 27.5. The van der Waals surface area contributed by atoms with E-state index < -0.39 is 0 Å². The summed E-state index contributed by atoms with van der Waals surface area (Å²) >= 11 is 0. The minimum atomic E-state index is -0.250. The normalized spacial score (nSPS) is 19.8. The number of hydrogen-bond acceptors (Lipinski definition) is 9. The number of piperazine rings is 1. The van der Waals surface area contributed by atoms with Crippen LogP contribution in [-0.2, 0) is 16.1 Å². The standard InChI is InChI=1S/C37H42N6O5/c1-47-29-21-31-34(32(22-29)48-2)37(46)40-35(38-31)25-6-8-27(9-7-25)42-14-12-28(13-15-42)43-18-16-41(17-19-43)23-24-4-3-5-26(20-24)30-10-11-33(44)39-36(30)45/h3-9,20-22,28,30H,10-19,23H2,1-2H3,(H,38,40,46)(H,39,44,45). The maximum atomic E-state index is 13.0. The number of benzene rings is 3. The first-order valence-corrected chi connectivity index (χ1v) is 16.8. The highest BCUT2D eigenvalue weighted by Crippen LogP contribution is 2.31. The highest BCUT2D eigenvalue weighted by molar-refractivity contribution is 6.01. The molecule has 0 radical (unpaired) electrons. The predicted octanol–water partition coefficient (Wildman–Crippen LogP) is 3.91. The van der Waals surface area contributed by atoms with Crippen LogP contribution in [0.15, 0.2) is 65.5 Å². The van der Waals surface area contributed by atoms with Gasteiger partial charge < -0.3 is 19.4 Å². The maximum Gasteiger partial charge on any atom is 0.262 e. The molecule has 0 spiro atoms. The van der Waals surface area contributed by atoms with Crippen LogP contribution in [0.25, 0.3) is 22.3 Å². The minimum absolute atomic E-state index is 0.177. The zero-order valence-corrected chi connectivity index (χ0v) is 27.5. The fourth-order valence-corrected chi connectivity index (χ4v) is 7.41. The van der Waals surface area contributed by atoms with E-state index in [2.05, 4.69) is 49.3 Å². The Balaban J connectivity index is 0.917. The number of aromatic amines is 1. The van der Waals surface area contributed by atoms with E-state index in [1.165, 1.54) is 18.4 Å². The number of anilines is 1. The quantitative estimate of drug-likeness (QED) is 0.274. The van der Waals surface area contributed by atoms with Crippen molar-refractivity contribution < 1.29 is 19.1 Å². The Morgan fingerprint density at radius 2 is 1.62 bits per heavy atom. The van der Waals surface area contributed by atoms with Gasteiger partial charge in [0.15, 0.2) is 0 Å². The molecule has 0 aliphatic carbocycles. The average molecular weight is 651 g/mol. The Morgan fingerprint density at radius 3 is 2.33 bits per heavy atom. The second-order valence-corrected chi connectivity index (χ2v) is 13.0. The first-order chi connectivity index (χ1) is 23.4. The summed E-state index contributed by atoms with van der Waals surface area (Å²) in [5, 5.41) is 2.88. The molecule has 4 aromatic rings. The SMILES string of the molecule is COc1cc(OC)c2c(=O)[nH]c(-c3ccc(N4CCC(N5CCN(Cc6cccc(C7CCC(=O)NC7=O)c6)CC5)CC4)cc3)nc2c1. The number of methoxy groups -OCH3 is 2. The summed E-state index contributed by atoms with van der Waals surface area (Å²) in [6, 6.07) is 20.6. The number of fused-ring (bicyclic) bond motifs is 1. The summed E-state index contributed by atoms with van der Waals surface area (Å²) in [5.41, 5.74) is 4.51. The number of carbonyl (C=O) groups excluding carboxylic acids is 2. The molecule has 2 amide bonds. The third-order valence-corrected chi connectivity index (χ3v) is 10.1. The van der Waals surface area contributed by atoms with Crippen LogP contribution in [0.5, 0.6) is 11.5 Å². The first kappa shape index (κ1) is 31.8. The topological polar surface area (TPSA) is 120 Å². The Bertz CT molecular complexity index is 1860. The molecule has 3 aliphatic rings. The van der Waals surface area contributed by atoms with Gasteiger partial charge in [-0.3, -0.25) is 29.5 Å². The van der Waals surface area contributed by atoms with Crippen LogP contribution in [0.4, 0.5) is 5.69 Å². The summed E-state index contributed by atoms with van der Waals surface area (Å²) in [7, 11) is 3.10. The van der Waals surface area contributed by atoms with Crippen LogP contribution in [0.3, 0.4) is 0 Å². The molecule has 2 N–H and O–H groups in total. The largest absolute Gasteiger partial charge is 0.497 e. The molecule has 7 rings (SSSR count). The lowest BCUT2D eigenvalue weighted by Gasteiger charge is -2.43. The Labute approximate surface area is 279 Å². The second kappa shape index (κ2) is 13.8. The summed E-state index contributed by atoms with van der Waals surface area (Å²) in [6.45, 7) is 7.03. The second-order valence-electron chi connectivity index (χ2n) is 13.0. The Kier molecular flexibility index (Phi) is 9.14. The maximum absolute atomic E-state index is 13.0. The number of H-pyrrole nitrogens is 1. The van der Waals surface area contributed by atoms with Crippen LogP contribution in [0, 0.1) is 0 Å². The van der Waals surface area contributed by atoms with Gasteiger partial charge in [0, 0.05) is 81.7 Å². The number of piperidine rings is 2. The number of amides is 2. The molecule has 0 saturated carbocycles. The van der Waals surface area contributed by atoms with Crippen molar-refractivity contribution in [3.05, 3.63) is 82.1 Å². The number of hydrogen-bond donors (Lipinski definition) is 2. The van der Waals surface area contributed by atoms with Crippen molar-refractivity contribution in [2.45, 2.75) is 44.2 Å². The number of rotatable bonds is 8. The van der Waals surface area contributed by atoms with Crippen LogP contribution >= 0.6 is 0 Å². The molecule has 250 valence electrons. The number of nitrogens with zero attached hydrogens (tertiary/aromatic N) is 4. The van der Waals surface area contributed by atoms with Crippen molar-refractivity contribution >= 4 is 28.4 Å². The number of imide groups is 1. The van der Waals surface area contributed by atoms with Crippen molar-refractivity contribution in [3.63, 3.8) is 0 Å². The predicted molar refractivity (Wildman–Crippen MR) is 185 cm³/mol. The lowest BCUT2D eigenvalue weighted by Crippen LogP contribution is -2.53. The molecular weight excluding hydrogens is 608 g/mol. The Morgan fingerprint density at radius 1 is 0.854 bits per heavy atom. The van der Waals surface area contributed by atoms with Gasteiger partial charge in [-0.1, -0.05) is 24.3 Å². The van der Waals surface area contributed by atoms with E-state index in [0.29, 0.717) is 47.1 Å². The zero-order chi connectivity index (χ0) is 33.2. The highest BCUT2D eigenvalue weighted by atomic mass is 16.5. The number of ether oxygens (including phenoxy) is 2. The fourth-order valence-electron chi connectivity index (χ4n) is 7.41. The van der Waals surface area contributed by atoms with Crippen LogP contribution in [-0.4, -0.2) is 91.1 Å². The number of carbonyl (C=O) groups is 2. The monoisotopic (exact) mass is 650 g/mol. The van der Waals surface area contributed by atoms with Crippen molar-refractivity contribution in [3.8, 4) is 22.9 Å². The average Bonchev–Trinajstić information content (AvgIpc) is 3.11. The first-order valence-electron chi connectivity index (χ1n) is 16.8. The lowest BCUT2D eigenvalue weighted by atomic mass is 9.89. The number of aromatic nitrogens is 2. The van der Waals surface area contributed by atoms with Gasteiger partial charge in [-0.05, 0) is 54.7 Å². The third-order valence-electron chi connectivity index (χ3n) is 10.1. The lowest BCUT2D eigenvalue weighted by molar-refractivity contribution is -0.134. The molecular formula is C37H42N6O5. The van der Waals surface area contributed by atoms with Gasteiger partial charge in [-0.2, -0.15) is 0 Å². The molecule has 11 nitrogen and oxygen atoms in total. The summed E-state index contributed by atoms with van der Waals surface area (Å²) in [6.07, 6.45) is 3.22. The van der Waals surface area contributed by atoms with E-state index in [-0.39, 0.29) is 23.3 Å². The van der Waals surface area contributed by atoms with E-state index in [9.17, 15) is 14.4 Å². The molecule has 1 unspecified atom stereocenters. The van der Waals surface area contributed by atoms with Crippen molar-refractivity contribution in [2.75, 3.05) is 58.4 Å². The summed E-state index contributed by atoms with van der Waals surface area (Å²) < 4.78 is 10.8. The Hall–Kier alpha value is -4.74. The van der Waals surface area contributed by atoms with E-state index in [1.54, 1.807) is 19.2 Å². The van der Waals surface area contributed by atoms with Gasteiger partial charge in [0.2, 0.25) is 11.8 Å². The van der Waals surface area contributed by atoms with Gasteiger partial charge in [-0.25, -0.2) is 4.98 Å². The molecule has 48 heavy (non-hydrogen) atoms. The third kappa shape index (κ3) is 6.65. The fraction of sp³-hybridized carbons (Fsp3) is 0.405. The highest BCUT2D eigenvalue weighted by Gasteiger charge is 2.30. The van der Waals surface area contributed by atoms with Crippen LogP contribution in [0.2, 0.25) is 0 Å². The van der Waals surface area contributed by atoms with Crippen LogP contribution in [0.1, 0.15) is 42.7 Å². The van der Waals surface area contributed by atoms with Gasteiger partial charge >= 0.3 is 0 Å². The molecule has 3 saturated heterocycles. The van der Waals surface area contributed by atoms with Gasteiger partial charge in [0.25, 0.3) is 5.56 Å². The van der Waals surface area contributed by atoms with Crippen LogP contribution < -0.4 is 25.2 Å². The molecule has 3 fully saturated rings. The summed E-state index contributed by atoms with van der Waals surface area (Å²) in [4.78, 5) is 52.1. The number of nitrogens with one attached hydrogen (secondary N) is 2. The van der Waals surface area contributed by atoms with Gasteiger partial charge in [0.05, 0.1) is 25.7 Å². The molecule has 0 bridgehead atoms. The minimum Gasteiger partial charge on any atom is -0.497 e. The van der Waals surface area contributed by atoms with E-state index in [1.807, 2.05) is 24.3 Å². The van der Waals surface area contributed by atoms with Crippen molar-refractivity contribution in [1.82, 2.24) is 25.1 Å². The molecule has 11 heteroatoms. The van der Waals surface area contributed by atoms with Gasteiger partial charge in [-0.15, -0.1) is 0 Å². The molecule has 1 aromatic heterocycles. The van der Waals surface area contributed by atoms with E-state index in [0.717, 1.165) is 69.8 Å². The summed E-state index contributed by atoms with van der Waals surface area (Å²) in [5.74, 6) is 0.918. The molecule has 1 atom stereocenters. The molecule has 3 aliphatic heterocycles. The van der Waals surface area contributed by atoms with Crippen molar-refractivity contribution in [2.24, 2.45) is 0 Å². The smallest absolute Gasteiger partial charge is 0.262 e. The molecule has 4 heterocycles. The van der Waals surface area contributed by atoms with Crippen molar-refractivity contribution in [1.29, 1.82) is 0 Å². The van der Waals surface area contributed by atoms with E-state index >= 15 is 0 Å². The van der Waals surface area contributed by atoms with E-state index in [4.69, 9.17) is 14.5 Å². The molecule has 3 aromatic carbocycles. The van der Waals surface area contributed by atoms with Gasteiger partial charge in [0.1, 0.15) is 22.7 Å².